The van der Waals surface area contributed by atoms with Crippen LogP contribution in [0.2, 0.25) is 0 Å². The number of imidazole rings is 1. The van der Waals surface area contributed by atoms with E-state index in [0.29, 0.717) is 5.75 Å². The Morgan fingerprint density at radius 2 is 1.86 bits per heavy atom. The topological polar surface area (TPSA) is 73.6 Å². The summed E-state index contributed by atoms with van der Waals surface area (Å²) in [6.45, 7) is 2.12. The van der Waals surface area contributed by atoms with Crippen molar-refractivity contribution in [2.24, 2.45) is 0 Å². The zero-order valence-electron chi connectivity index (χ0n) is 16.3. The zero-order chi connectivity index (χ0) is 19.8. The highest BCUT2D eigenvalue weighted by Gasteiger charge is 2.39. The highest BCUT2D eigenvalue weighted by atomic mass is 16.5. The van der Waals surface area contributed by atoms with Gasteiger partial charge in [-0.3, -0.25) is 4.79 Å². The van der Waals surface area contributed by atoms with Gasteiger partial charge in [0, 0.05) is 11.6 Å². The largest absolute Gasteiger partial charge is 0.497 e. The van der Waals surface area contributed by atoms with Gasteiger partial charge in [-0.15, -0.1) is 0 Å². The Labute approximate surface area is 163 Å². The van der Waals surface area contributed by atoms with Gasteiger partial charge < -0.3 is 19.1 Å². The van der Waals surface area contributed by atoms with Gasteiger partial charge in [0.1, 0.15) is 23.2 Å². The van der Waals surface area contributed by atoms with Crippen molar-refractivity contribution >= 4 is 17.0 Å². The molecule has 2 unspecified atom stereocenters. The molecule has 1 aromatic heterocycles. The van der Waals surface area contributed by atoms with E-state index in [1.54, 1.807) is 14.2 Å². The van der Waals surface area contributed by atoms with Crippen LogP contribution in [0.15, 0.2) is 36.4 Å². The van der Waals surface area contributed by atoms with E-state index in [1.165, 1.54) is 0 Å². The lowest BCUT2D eigenvalue weighted by Crippen LogP contribution is -2.29. The van der Waals surface area contributed by atoms with E-state index in [4.69, 9.17) is 14.5 Å². The lowest BCUT2D eigenvalue weighted by molar-refractivity contribution is -0.140. The molecule has 0 amide bonds. The Bertz CT molecular complexity index is 1040. The number of nitrogens with zero attached hydrogens (tertiary/aromatic N) is 2. The summed E-state index contributed by atoms with van der Waals surface area (Å²) in [7, 11) is 3.22. The summed E-state index contributed by atoms with van der Waals surface area (Å²) >= 11 is 0. The van der Waals surface area contributed by atoms with E-state index in [0.717, 1.165) is 53.0 Å². The first-order valence-corrected chi connectivity index (χ1v) is 9.56. The fraction of sp³-hybridized carbons (Fsp3) is 0.364. The molecule has 0 saturated heterocycles. The monoisotopic (exact) mass is 380 g/mol. The maximum atomic E-state index is 12.4. The summed E-state index contributed by atoms with van der Waals surface area (Å²) in [6, 6.07) is 11.2. The molecule has 0 spiro atoms. The van der Waals surface area contributed by atoms with Gasteiger partial charge in [-0.05, 0) is 42.3 Å². The molecule has 146 valence electrons. The van der Waals surface area contributed by atoms with Crippen molar-refractivity contribution in [3.63, 3.8) is 0 Å². The van der Waals surface area contributed by atoms with E-state index in [2.05, 4.69) is 11.5 Å². The van der Waals surface area contributed by atoms with Crippen LogP contribution in [-0.2, 0) is 4.79 Å². The van der Waals surface area contributed by atoms with E-state index in [1.807, 2.05) is 36.4 Å². The molecule has 1 aliphatic heterocycles. The lowest BCUT2D eigenvalue weighted by atomic mass is 9.82. The molecule has 1 N–H and O–H groups in total. The molecule has 3 aromatic rings. The normalized spacial score (nSPS) is 17.8. The number of hydrogen-bond donors (Lipinski definition) is 1. The van der Waals surface area contributed by atoms with Gasteiger partial charge in [0.05, 0.1) is 31.3 Å². The molecule has 6 nitrogen and oxygen atoms in total. The summed E-state index contributed by atoms with van der Waals surface area (Å²) in [6.07, 6.45) is 2.72. The molecule has 0 saturated carbocycles. The first kappa shape index (κ1) is 18.3. The SMILES string of the molecule is CCCCC1C(C(=O)O)c2cc(OC)ccc2-c2nc3cc(OC)ccc3n21. The van der Waals surface area contributed by atoms with Crippen LogP contribution >= 0.6 is 0 Å². The molecule has 2 heterocycles. The molecule has 0 radical (unpaired) electrons. The molecule has 28 heavy (non-hydrogen) atoms. The lowest BCUT2D eigenvalue weighted by Gasteiger charge is -2.33. The van der Waals surface area contributed by atoms with Gasteiger partial charge in [0.2, 0.25) is 0 Å². The molecule has 2 atom stereocenters. The van der Waals surface area contributed by atoms with E-state index < -0.39 is 11.9 Å². The predicted octanol–water partition coefficient (Wildman–Crippen LogP) is 4.63. The molecule has 0 fully saturated rings. The van der Waals surface area contributed by atoms with E-state index >= 15 is 0 Å². The van der Waals surface area contributed by atoms with Gasteiger partial charge >= 0.3 is 5.97 Å². The van der Waals surface area contributed by atoms with Crippen LogP contribution in [0.25, 0.3) is 22.4 Å². The number of hydrogen-bond acceptors (Lipinski definition) is 4. The van der Waals surface area contributed by atoms with Crippen molar-refractivity contribution in [2.75, 3.05) is 14.2 Å². The second-order valence-electron chi connectivity index (χ2n) is 7.14. The number of carboxylic acid groups (broad SMARTS) is 1. The van der Waals surface area contributed by atoms with Gasteiger partial charge in [-0.1, -0.05) is 19.8 Å². The van der Waals surface area contributed by atoms with E-state index in [-0.39, 0.29) is 6.04 Å². The Hall–Kier alpha value is -3.02. The smallest absolute Gasteiger partial charge is 0.313 e. The molecule has 4 rings (SSSR count). The molecule has 0 bridgehead atoms. The molecular weight excluding hydrogens is 356 g/mol. The number of carboxylic acids is 1. The van der Waals surface area contributed by atoms with Crippen LogP contribution in [-0.4, -0.2) is 34.8 Å². The third-order valence-electron chi connectivity index (χ3n) is 5.57. The number of carbonyl (C=O) groups is 1. The molecule has 2 aromatic carbocycles. The van der Waals surface area contributed by atoms with E-state index in [9.17, 15) is 9.90 Å². The maximum absolute atomic E-state index is 12.4. The fourth-order valence-corrected chi connectivity index (χ4v) is 4.22. The van der Waals surface area contributed by atoms with Crippen LogP contribution in [0.3, 0.4) is 0 Å². The van der Waals surface area contributed by atoms with Gasteiger partial charge in [0.15, 0.2) is 0 Å². The van der Waals surface area contributed by atoms with Crippen LogP contribution in [0, 0.1) is 0 Å². The maximum Gasteiger partial charge on any atom is 0.313 e. The molecular formula is C22H24N2O4. The van der Waals surface area contributed by atoms with Crippen LogP contribution in [0.1, 0.15) is 43.7 Å². The van der Waals surface area contributed by atoms with Crippen molar-refractivity contribution < 1.29 is 19.4 Å². The second kappa shape index (κ2) is 7.19. The summed E-state index contributed by atoms with van der Waals surface area (Å²) in [5, 5.41) is 10.1. The van der Waals surface area contributed by atoms with Crippen molar-refractivity contribution in [3.8, 4) is 22.9 Å². The number of unbranched alkanes of at least 4 members (excludes halogenated alkanes) is 1. The Balaban J connectivity index is 2.01. The summed E-state index contributed by atoms with van der Waals surface area (Å²) in [5.41, 5.74) is 3.35. The van der Waals surface area contributed by atoms with Crippen molar-refractivity contribution in [1.82, 2.24) is 9.55 Å². The van der Waals surface area contributed by atoms with Gasteiger partial charge in [-0.25, -0.2) is 4.98 Å². The Morgan fingerprint density at radius 3 is 2.54 bits per heavy atom. The van der Waals surface area contributed by atoms with Crippen LogP contribution < -0.4 is 9.47 Å². The first-order valence-electron chi connectivity index (χ1n) is 9.56. The summed E-state index contributed by atoms with van der Waals surface area (Å²) < 4.78 is 12.8. The van der Waals surface area contributed by atoms with Crippen molar-refractivity contribution in [3.05, 3.63) is 42.0 Å². The quantitative estimate of drug-likeness (QED) is 0.675. The Morgan fingerprint density at radius 1 is 1.14 bits per heavy atom. The highest BCUT2D eigenvalue weighted by molar-refractivity contribution is 5.88. The number of benzene rings is 2. The minimum atomic E-state index is -0.823. The first-order chi connectivity index (χ1) is 13.6. The number of methoxy groups -OCH3 is 2. The van der Waals surface area contributed by atoms with Crippen LogP contribution in [0.5, 0.6) is 11.5 Å². The van der Waals surface area contributed by atoms with Crippen LogP contribution in [0.4, 0.5) is 0 Å². The summed E-state index contributed by atoms with van der Waals surface area (Å²) in [4.78, 5) is 17.2. The minimum Gasteiger partial charge on any atom is -0.497 e. The molecule has 0 aliphatic carbocycles. The van der Waals surface area contributed by atoms with Crippen molar-refractivity contribution in [1.29, 1.82) is 0 Å². The number of rotatable bonds is 6. The standard InChI is InChI=1S/C22H24N2O4/c1-4-5-6-19-20(22(25)26)16-11-13(27-2)7-9-15(16)21-23-17-12-14(28-3)8-10-18(17)24(19)21/h7-12,19-20H,4-6H2,1-3H3,(H,25,26). The van der Waals surface area contributed by atoms with Gasteiger partial charge in [-0.2, -0.15) is 0 Å². The Kier molecular flexibility index (Phi) is 4.71. The number of ether oxygens (including phenoxy) is 2. The second-order valence-corrected chi connectivity index (χ2v) is 7.14. The zero-order valence-corrected chi connectivity index (χ0v) is 16.3. The average molecular weight is 380 g/mol. The van der Waals surface area contributed by atoms with Gasteiger partial charge in [0.25, 0.3) is 0 Å². The predicted molar refractivity (Wildman–Crippen MR) is 107 cm³/mol. The van der Waals surface area contributed by atoms with Crippen molar-refractivity contribution in [2.45, 2.75) is 38.1 Å². The highest BCUT2D eigenvalue weighted by Crippen LogP contribution is 2.47. The number of aliphatic carboxylic acids is 1. The molecule has 6 heteroatoms. The molecule has 1 aliphatic rings. The third kappa shape index (κ3) is 2.80. The third-order valence-corrected chi connectivity index (χ3v) is 5.57. The number of fused-ring (bicyclic) bond motifs is 5. The number of aromatic nitrogens is 2. The summed E-state index contributed by atoms with van der Waals surface area (Å²) in [5.74, 6) is 0.725. The minimum absolute atomic E-state index is 0.203. The average Bonchev–Trinajstić information content (AvgIpc) is 3.09. The fourth-order valence-electron chi connectivity index (χ4n) is 4.22.